The van der Waals surface area contributed by atoms with Gasteiger partial charge in [0.2, 0.25) is 0 Å². The maximum absolute atomic E-state index is 12.3. The molecular weight excluding hydrogens is 310 g/mol. The molecule has 3 rings (SSSR count). The Morgan fingerprint density at radius 2 is 1.96 bits per heavy atom. The van der Waals surface area contributed by atoms with Gasteiger partial charge in [0.25, 0.3) is 11.6 Å². The summed E-state index contributed by atoms with van der Waals surface area (Å²) >= 11 is 0. The molecule has 2 heterocycles. The summed E-state index contributed by atoms with van der Waals surface area (Å²) in [6.07, 6.45) is 1.49. The summed E-state index contributed by atoms with van der Waals surface area (Å²) in [5.41, 5.74) is 1.01. The van der Waals surface area contributed by atoms with E-state index >= 15 is 0 Å². The zero-order valence-corrected chi connectivity index (χ0v) is 13.4. The number of benzene rings is 1. The molecule has 1 atom stereocenters. The van der Waals surface area contributed by atoms with Crippen LogP contribution in [0, 0.1) is 10.1 Å². The summed E-state index contributed by atoms with van der Waals surface area (Å²) in [4.78, 5) is 26.8. The molecule has 0 saturated carbocycles. The van der Waals surface area contributed by atoms with Gasteiger partial charge >= 0.3 is 0 Å². The number of non-ortho nitro benzene ring substituents is 1. The highest BCUT2D eigenvalue weighted by Crippen LogP contribution is 2.25. The predicted molar refractivity (Wildman–Crippen MR) is 87.7 cm³/mol. The van der Waals surface area contributed by atoms with Crippen molar-refractivity contribution in [3.63, 3.8) is 0 Å². The van der Waals surface area contributed by atoms with Gasteiger partial charge in [0, 0.05) is 44.4 Å². The topological polar surface area (TPSA) is 79.8 Å². The lowest BCUT2D eigenvalue weighted by Gasteiger charge is -2.37. The quantitative estimate of drug-likeness (QED) is 0.636. The molecule has 0 radical (unpaired) electrons. The van der Waals surface area contributed by atoms with Gasteiger partial charge in [-0.15, -0.1) is 0 Å². The fourth-order valence-electron chi connectivity index (χ4n) is 2.98. The molecule has 1 aromatic carbocycles. The standard InChI is InChI=1S/C17H19N3O4/c1-13(14-4-2-5-15(12-14)20(22)23)18-7-9-19(10-8-18)17(21)16-6-3-11-24-16/h2-6,11-13H,7-10H2,1H3. The summed E-state index contributed by atoms with van der Waals surface area (Å²) in [5.74, 6) is 0.262. The molecule has 7 heteroatoms. The lowest BCUT2D eigenvalue weighted by Crippen LogP contribution is -2.49. The van der Waals surface area contributed by atoms with Crippen LogP contribution in [0.4, 0.5) is 5.69 Å². The van der Waals surface area contributed by atoms with Gasteiger partial charge in [-0.25, -0.2) is 0 Å². The van der Waals surface area contributed by atoms with Crippen LogP contribution in [-0.2, 0) is 0 Å². The van der Waals surface area contributed by atoms with Crippen molar-refractivity contribution in [2.75, 3.05) is 26.2 Å². The summed E-state index contributed by atoms with van der Waals surface area (Å²) in [6, 6.07) is 10.2. The molecule has 1 aromatic heterocycles. The first-order valence-corrected chi connectivity index (χ1v) is 7.87. The molecule has 1 amide bonds. The minimum atomic E-state index is -0.379. The van der Waals surface area contributed by atoms with Crippen LogP contribution >= 0.6 is 0 Å². The number of hydrogen-bond donors (Lipinski definition) is 0. The van der Waals surface area contributed by atoms with E-state index in [0.29, 0.717) is 18.8 Å². The van der Waals surface area contributed by atoms with E-state index in [-0.39, 0.29) is 22.6 Å². The maximum Gasteiger partial charge on any atom is 0.289 e. The van der Waals surface area contributed by atoms with Gasteiger partial charge in [0.15, 0.2) is 5.76 Å². The van der Waals surface area contributed by atoms with E-state index in [9.17, 15) is 14.9 Å². The third-order valence-corrected chi connectivity index (χ3v) is 4.44. The molecule has 1 saturated heterocycles. The van der Waals surface area contributed by atoms with Crippen LogP contribution < -0.4 is 0 Å². The Labute approximate surface area is 139 Å². The molecule has 126 valence electrons. The van der Waals surface area contributed by atoms with Gasteiger partial charge in [-0.2, -0.15) is 0 Å². The molecule has 0 N–H and O–H groups in total. The van der Waals surface area contributed by atoms with Gasteiger partial charge < -0.3 is 9.32 Å². The summed E-state index contributed by atoms with van der Waals surface area (Å²) < 4.78 is 5.16. The van der Waals surface area contributed by atoms with Crippen molar-refractivity contribution < 1.29 is 14.1 Å². The van der Waals surface area contributed by atoms with Crippen molar-refractivity contribution in [1.82, 2.24) is 9.80 Å². The Hall–Kier alpha value is -2.67. The normalized spacial score (nSPS) is 16.8. The molecule has 0 spiro atoms. The van der Waals surface area contributed by atoms with E-state index in [4.69, 9.17) is 4.42 Å². The fourth-order valence-corrected chi connectivity index (χ4v) is 2.98. The Morgan fingerprint density at radius 3 is 2.58 bits per heavy atom. The van der Waals surface area contributed by atoms with Crippen LogP contribution in [-0.4, -0.2) is 46.8 Å². The number of hydrogen-bond acceptors (Lipinski definition) is 5. The number of nitrogens with zero attached hydrogens (tertiary/aromatic N) is 3. The zero-order chi connectivity index (χ0) is 17.1. The van der Waals surface area contributed by atoms with Crippen LogP contribution in [0.15, 0.2) is 47.1 Å². The highest BCUT2D eigenvalue weighted by Gasteiger charge is 2.26. The monoisotopic (exact) mass is 329 g/mol. The third-order valence-electron chi connectivity index (χ3n) is 4.44. The van der Waals surface area contributed by atoms with Crippen molar-refractivity contribution in [2.45, 2.75) is 13.0 Å². The van der Waals surface area contributed by atoms with E-state index in [1.807, 2.05) is 13.0 Å². The number of furan rings is 1. The molecule has 1 aliphatic heterocycles. The van der Waals surface area contributed by atoms with Crippen LogP contribution in [0.5, 0.6) is 0 Å². The van der Waals surface area contributed by atoms with Crippen LogP contribution in [0.2, 0.25) is 0 Å². The molecule has 1 unspecified atom stereocenters. The number of nitro groups is 1. The Bertz CT molecular complexity index is 721. The van der Waals surface area contributed by atoms with Crippen molar-refractivity contribution in [2.24, 2.45) is 0 Å². The number of rotatable bonds is 4. The molecule has 1 fully saturated rings. The number of piperazine rings is 1. The molecule has 2 aromatic rings. The molecular formula is C17H19N3O4. The lowest BCUT2D eigenvalue weighted by molar-refractivity contribution is -0.385. The highest BCUT2D eigenvalue weighted by atomic mass is 16.6. The number of carbonyl (C=O) groups is 1. The lowest BCUT2D eigenvalue weighted by atomic mass is 10.1. The SMILES string of the molecule is CC(c1cccc([N+](=O)[O-])c1)N1CCN(C(=O)c2ccco2)CC1. The maximum atomic E-state index is 12.3. The molecule has 7 nitrogen and oxygen atoms in total. The second-order valence-corrected chi connectivity index (χ2v) is 5.83. The predicted octanol–water partition coefficient (Wildman–Crippen LogP) is 2.71. The third kappa shape index (κ3) is 3.30. The van der Waals surface area contributed by atoms with Gasteiger partial charge in [-0.3, -0.25) is 19.8 Å². The summed E-state index contributed by atoms with van der Waals surface area (Å²) in [6.45, 7) is 4.69. The van der Waals surface area contributed by atoms with Crippen molar-refractivity contribution >= 4 is 11.6 Å². The average molecular weight is 329 g/mol. The summed E-state index contributed by atoms with van der Waals surface area (Å²) in [5, 5.41) is 10.9. The number of carbonyl (C=O) groups excluding carboxylic acids is 1. The van der Waals surface area contributed by atoms with E-state index in [1.165, 1.54) is 12.3 Å². The molecule has 24 heavy (non-hydrogen) atoms. The van der Waals surface area contributed by atoms with E-state index in [0.717, 1.165) is 18.7 Å². The molecule has 1 aliphatic rings. The number of nitro benzene ring substituents is 1. The van der Waals surface area contributed by atoms with Crippen molar-refractivity contribution in [3.05, 3.63) is 64.1 Å². The van der Waals surface area contributed by atoms with Crippen molar-refractivity contribution in [1.29, 1.82) is 0 Å². The van der Waals surface area contributed by atoms with E-state index in [2.05, 4.69) is 4.90 Å². The first kappa shape index (κ1) is 16.2. The fraction of sp³-hybridized carbons (Fsp3) is 0.353. The zero-order valence-electron chi connectivity index (χ0n) is 13.4. The van der Waals surface area contributed by atoms with Crippen LogP contribution in [0.3, 0.4) is 0 Å². The smallest absolute Gasteiger partial charge is 0.289 e. The van der Waals surface area contributed by atoms with Gasteiger partial charge in [-0.05, 0) is 24.6 Å². The minimum absolute atomic E-state index is 0.0609. The number of amides is 1. The second kappa shape index (κ2) is 6.84. The Balaban J connectivity index is 1.63. The molecule has 0 aliphatic carbocycles. The first-order valence-electron chi connectivity index (χ1n) is 7.87. The van der Waals surface area contributed by atoms with Crippen LogP contribution in [0.25, 0.3) is 0 Å². The first-order chi connectivity index (χ1) is 11.6. The van der Waals surface area contributed by atoms with Gasteiger partial charge in [0.1, 0.15) is 0 Å². The van der Waals surface area contributed by atoms with Gasteiger partial charge in [-0.1, -0.05) is 12.1 Å². The Kier molecular flexibility index (Phi) is 4.61. The molecule has 0 bridgehead atoms. The van der Waals surface area contributed by atoms with Crippen LogP contribution in [0.1, 0.15) is 29.1 Å². The summed E-state index contributed by atoms with van der Waals surface area (Å²) in [7, 11) is 0. The van der Waals surface area contributed by atoms with Gasteiger partial charge in [0.05, 0.1) is 11.2 Å². The Morgan fingerprint density at radius 1 is 1.21 bits per heavy atom. The minimum Gasteiger partial charge on any atom is -0.459 e. The highest BCUT2D eigenvalue weighted by molar-refractivity contribution is 5.91. The van der Waals surface area contributed by atoms with E-state index in [1.54, 1.807) is 29.2 Å². The average Bonchev–Trinajstić information content (AvgIpc) is 3.15. The second-order valence-electron chi connectivity index (χ2n) is 5.83. The van der Waals surface area contributed by atoms with E-state index < -0.39 is 0 Å². The largest absolute Gasteiger partial charge is 0.459 e. The van der Waals surface area contributed by atoms with Crippen molar-refractivity contribution in [3.8, 4) is 0 Å².